The van der Waals surface area contributed by atoms with Gasteiger partial charge < -0.3 is 15.1 Å². The number of carbonyl (C=O) groups is 2. The number of nitrogens with one attached hydrogen (secondary N) is 1. The third-order valence-electron chi connectivity index (χ3n) is 4.71. The first-order chi connectivity index (χ1) is 13.5. The smallest absolute Gasteiger partial charge is 0.234 e. The van der Waals surface area contributed by atoms with E-state index in [2.05, 4.69) is 10.2 Å². The average molecular weight is 398 g/mol. The quantitative estimate of drug-likeness (QED) is 0.755. The molecule has 1 aliphatic heterocycles. The van der Waals surface area contributed by atoms with Gasteiger partial charge in [0, 0.05) is 48.4 Å². The van der Waals surface area contributed by atoms with Gasteiger partial charge in [0.05, 0.1) is 5.75 Å². The first kappa shape index (κ1) is 20.3. The molecule has 5 nitrogen and oxygen atoms in total. The maximum Gasteiger partial charge on any atom is 0.234 e. The van der Waals surface area contributed by atoms with Gasteiger partial charge in [-0.15, -0.1) is 11.8 Å². The van der Waals surface area contributed by atoms with Crippen LogP contribution in [0.4, 0.5) is 11.4 Å². The molecule has 28 heavy (non-hydrogen) atoms. The van der Waals surface area contributed by atoms with Gasteiger partial charge in [0.25, 0.3) is 0 Å². The highest BCUT2D eigenvalue weighted by molar-refractivity contribution is 8.00. The largest absolute Gasteiger partial charge is 0.368 e. The second-order valence-corrected chi connectivity index (χ2v) is 8.21. The van der Waals surface area contributed by atoms with Crippen molar-refractivity contribution >= 4 is 35.0 Å². The lowest BCUT2D eigenvalue weighted by atomic mass is 10.1. The maximum absolute atomic E-state index is 12.1. The number of hydrogen-bond acceptors (Lipinski definition) is 4. The minimum absolute atomic E-state index is 0.0117. The maximum atomic E-state index is 12.1. The Balaban J connectivity index is 1.47. The van der Waals surface area contributed by atoms with E-state index in [1.165, 1.54) is 11.8 Å². The molecule has 0 atom stereocenters. The van der Waals surface area contributed by atoms with E-state index in [-0.39, 0.29) is 17.7 Å². The highest BCUT2D eigenvalue weighted by Crippen LogP contribution is 2.21. The first-order valence-corrected chi connectivity index (χ1v) is 10.6. The average Bonchev–Trinajstić information content (AvgIpc) is 2.73. The molecule has 2 aromatic carbocycles. The fraction of sp³-hybridized carbons (Fsp3) is 0.364. The Kier molecular flexibility index (Phi) is 6.98. The topological polar surface area (TPSA) is 52.7 Å². The molecule has 0 saturated carbocycles. The molecule has 1 N–H and O–H groups in total. The summed E-state index contributed by atoms with van der Waals surface area (Å²) < 4.78 is 0. The van der Waals surface area contributed by atoms with Gasteiger partial charge in [-0.25, -0.2) is 0 Å². The van der Waals surface area contributed by atoms with Gasteiger partial charge in [0.15, 0.2) is 0 Å². The molecule has 0 spiro atoms. The summed E-state index contributed by atoms with van der Waals surface area (Å²) in [4.78, 5) is 29.6. The molecule has 0 aromatic heterocycles. The predicted molar refractivity (Wildman–Crippen MR) is 116 cm³/mol. The number of piperazine rings is 1. The van der Waals surface area contributed by atoms with Gasteiger partial charge in [0.1, 0.15) is 0 Å². The van der Waals surface area contributed by atoms with Crippen LogP contribution in [0.1, 0.15) is 13.8 Å². The Bertz CT molecular complexity index is 785. The van der Waals surface area contributed by atoms with Gasteiger partial charge in [-0.3, -0.25) is 9.59 Å². The van der Waals surface area contributed by atoms with Crippen molar-refractivity contribution in [1.82, 2.24) is 4.90 Å². The summed E-state index contributed by atoms with van der Waals surface area (Å²) >= 11 is 1.53. The van der Waals surface area contributed by atoms with Crippen LogP contribution in [-0.4, -0.2) is 48.6 Å². The van der Waals surface area contributed by atoms with Crippen LogP contribution in [0.3, 0.4) is 0 Å². The minimum Gasteiger partial charge on any atom is -0.368 e. The summed E-state index contributed by atoms with van der Waals surface area (Å²) in [6.07, 6.45) is 0. The van der Waals surface area contributed by atoms with Crippen molar-refractivity contribution in [3.05, 3.63) is 54.6 Å². The molecule has 0 bridgehead atoms. The van der Waals surface area contributed by atoms with E-state index in [0.29, 0.717) is 5.75 Å². The normalized spacial score (nSPS) is 14.2. The lowest BCUT2D eigenvalue weighted by molar-refractivity contribution is -0.134. The molecule has 1 aliphatic rings. The van der Waals surface area contributed by atoms with E-state index < -0.39 is 0 Å². The Morgan fingerprint density at radius 1 is 0.964 bits per heavy atom. The Morgan fingerprint density at radius 2 is 1.61 bits per heavy atom. The van der Waals surface area contributed by atoms with E-state index >= 15 is 0 Å². The van der Waals surface area contributed by atoms with Gasteiger partial charge in [-0.1, -0.05) is 32.0 Å². The summed E-state index contributed by atoms with van der Waals surface area (Å²) in [5.41, 5.74) is 1.92. The van der Waals surface area contributed by atoms with Crippen molar-refractivity contribution in [1.29, 1.82) is 0 Å². The standard InChI is InChI=1S/C22H27N3O2S/c1-17(2)22(27)25-14-12-24(13-15-25)19-10-8-18(9-11-19)23-21(26)16-28-20-6-4-3-5-7-20/h3-11,17H,12-16H2,1-2H3,(H,23,26). The second-order valence-electron chi connectivity index (χ2n) is 7.16. The third-order valence-corrected chi connectivity index (χ3v) is 5.73. The molecule has 6 heteroatoms. The molecule has 1 fully saturated rings. The van der Waals surface area contributed by atoms with Crippen LogP contribution in [0.25, 0.3) is 0 Å². The lowest BCUT2D eigenvalue weighted by Crippen LogP contribution is -2.49. The molecule has 1 heterocycles. The molecule has 2 amide bonds. The number of nitrogens with zero attached hydrogens (tertiary/aromatic N) is 2. The van der Waals surface area contributed by atoms with Crippen LogP contribution >= 0.6 is 11.8 Å². The zero-order valence-electron chi connectivity index (χ0n) is 16.4. The summed E-state index contributed by atoms with van der Waals surface area (Å²) in [5, 5.41) is 2.95. The molecule has 2 aromatic rings. The number of hydrogen-bond donors (Lipinski definition) is 1. The molecule has 148 valence electrons. The second kappa shape index (κ2) is 9.64. The van der Waals surface area contributed by atoms with Crippen molar-refractivity contribution in [2.45, 2.75) is 18.7 Å². The van der Waals surface area contributed by atoms with E-state index in [9.17, 15) is 9.59 Å². The highest BCUT2D eigenvalue weighted by atomic mass is 32.2. The number of rotatable bonds is 6. The summed E-state index contributed by atoms with van der Waals surface area (Å²) in [5.74, 6) is 0.653. The molecular weight excluding hydrogens is 370 g/mol. The van der Waals surface area contributed by atoms with Crippen LogP contribution in [-0.2, 0) is 9.59 Å². The first-order valence-electron chi connectivity index (χ1n) is 9.64. The Morgan fingerprint density at radius 3 is 2.21 bits per heavy atom. The van der Waals surface area contributed by atoms with Gasteiger partial charge in [0.2, 0.25) is 11.8 Å². The van der Waals surface area contributed by atoms with Crippen molar-refractivity contribution in [3.8, 4) is 0 Å². The summed E-state index contributed by atoms with van der Waals surface area (Å²) in [7, 11) is 0. The molecule has 0 unspecified atom stereocenters. The van der Waals surface area contributed by atoms with Crippen LogP contribution in [0.2, 0.25) is 0 Å². The fourth-order valence-corrected chi connectivity index (χ4v) is 3.89. The van der Waals surface area contributed by atoms with Crippen molar-refractivity contribution in [3.63, 3.8) is 0 Å². The molecule has 0 aliphatic carbocycles. The predicted octanol–water partition coefficient (Wildman–Crippen LogP) is 3.72. The monoisotopic (exact) mass is 397 g/mol. The van der Waals surface area contributed by atoms with Crippen molar-refractivity contribution in [2.24, 2.45) is 5.92 Å². The molecule has 3 rings (SSSR count). The Labute approximate surface area is 171 Å². The highest BCUT2D eigenvalue weighted by Gasteiger charge is 2.22. The van der Waals surface area contributed by atoms with Gasteiger partial charge in [-0.2, -0.15) is 0 Å². The van der Waals surface area contributed by atoms with Gasteiger partial charge in [-0.05, 0) is 36.4 Å². The number of thioether (sulfide) groups is 1. The summed E-state index contributed by atoms with van der Waals surface area (Å²) in [6, 6.07) is 17.8. The minimum atomic E-state index is -0.0117. The van der Waals surface area contributed by atoms with Crippen LogP contribution in [0.15, 0.2) is 59.5 Å². The zero-order chi connectivity index (χ0) is 19.9. The summed E-state index contributed by atoms with van der Waals surface area (Å²) in [6.45, 7) is 7.06. The molecule has 1 saturated heterocycles. The number of anilines is 2. The van der Waals surface area contributed by atoms with Crippen molar-refractivity contribution in [2.75, 3.05) is 42.1 Å². The lowest BCUT2D eigenvalue weighted by Gasteiger charge is -2.37. The van der Waals surface area contributed by atoms with Crippen LogP contribution in [0, 0.1) is 5.92 Å². The Hall–Kier alpha value is -2.47. The van der Waals surface area contributed by atoms with E-state index in [1.807, 2.05) is 73.3 Å². The number of amides is 2. The van der Waals surface area contributed by atoms with E-state index in [1.54, 1.807) is 0 Å². The fourth-order valence-electron chi connectivity index (χ4n) is 3.17. The SMILES string of the molecule is CC(C)C(=O)N1CCN(c2ccc(NC(=O)CSc3ccccc3)cc2)CC1. The van der Waals surface area contributed by atoms with Crippen LogP contribution < -0.4 is 10.2 Å². The van der Waals surface area contributed by atoms with Crippen LogP contribution in [0.5, 0.6) is 0 Å². The van der Waals surface area contributed by atoms with E-state index in [0.717, 1.165) is 42.4 Å². The number of carbonyl (C=O) groups excluding carboxylic acids is 2. The van der Waals surface area contributed by atoms with E-state index in [4.69, 9.17) is 0 Å². The molecule has 0 radical (unpaired) electrons. The van der Waals surface area contributed by atoms with Crippen molar-refractivity contribution < 1.29 is 9.59 Å². The zero-order valence-corrected chi connectivity index (χ0v) is 17.2. The van der Waals surface area contributed by atoms with Gasteiger partial charge >= 0.3 is 0 Å². The molecular formula is C22H27N3O2S. The number of benzene rings is 2. The third kappa shape index (κ3) is 5.52.